The van der Waals surface area contributed by atoms with Gasteiger partial charge < -0.3 is 15.0 Å². The van der Waals surface area contributed by atoms with E-state index in [1.807, 2.05) is 11.0 Å². The molecule has 3 fully saturated rings. The van der Waals surface area contributed by atoms with Crippen LogP contribution in [0.25, 0.3) is 0 Å². The van der Waals surface area contributed by atoms with E-state index in [4.69, 9.17) is 4.74 Å². The van der Waals surface area contributed by atoms with Crippen LogP contribution in [0.5, 0.6) is 0 Å². The van der Waals surface area contributed by atoms with Crippen LogP contribution in [-0.4, -0.2) is 48.6 Å². The van der Waals surface area contributed by atoms with Crippen molar-refractivity contribution in [1.82, 2.24) is 10.2 Å². The number of ether oxygens (including phenoxy) is 1. The van der Waals surface area contributed by atoms with Crippen LogP contribution in [-0.2, 0) is 20.7 Å². The summed E-state index contributed by atoms with van der Waals surface area (Å²) in [4.78, 5) is 27.6. The maximum absolute atomic E-state index is 13.0. The number of nitrogens with one attached hydrogen (secondary N) is 1. The Balaban J connectivity index is 1.18. The fraction of sp³-hybridized carbons (Fsp3) is 0.680. The van der Waals surface area contributed by atoms with Crippen LogP contribution < -0.4 is 5.32 Å². The Morgan fingerprint density at radius 3 is 2.57 bits per heavy atom. The molecule has 2 heterocycles. The van der Waals surface area contributed by atoms with Crippen molar-refractivity contribution >= 4 is 11.8 Å². The molecule has 1 aromatic rings. The van der Waals surface area contributed by atoms with Gasteiger partial charge in [-0.05, 0) is 69.8 Å². The maximum atomic E-state index is 13.0. The highest BCUT2D eigenvalue weighted by molar-refractivity contribution is 5.83. The lowest BCUT2D eigenvalue weighted by atomic mass is 9.85. The minimum Gasteiger partial charge on any atom is -0.376 e. The molecule has 1 saturated carbocycles. The zero-order valence-corrected chi connectivity index (χ0v) is 18.5. The summed E-state index contributed by atoms with van der Waals surface area (Å²) in [5.74, 6) is 0.747. The average Bonchev–Trinajstić information content (AvgIpc) is 3.44. The standard InChI is InChI=1S/C25H36N2O3/c1-24(2)17-20(10-16-30-24)23(29)27-14-11-25(12-15-27)18-21(25)22(28)26-13-6-9-19-7-4-3-5-8-19/h3-5,7-8,20-21H,6,9-18H2,1-2H3,(H,26,28)/t20-,21+/m0/s1. The first-order chi connectivity index (χ1) is 14.4. The van der Waals surface area contributed by atoms with Gasteiger partial charge >= 0.3 is 0 Å². The van der Waals surface area contributed by atoms with Crippen LogP contribution in [0.1, 0.15) is 57.9 Å². The molecule has 1 aromatic carbocycles. The maximum Gasteiger partial charge on any atom is 0.225 e. The molecule has 0 aromatic heterocycles. The first-order valence-corrected chi connectivity index (χ1v) is 11.6. The Labute approximate surface area is 180 Å². The normalized spacial score (nSPS) is 26.9. The van der Waals surface area contributed by atoms with Crippen molar-refractivity contribution in [2.45, 2.75) is 64.4 Å². The summed E-state index contributed by atoms with van der Waals surface area (Å²) < 4.78 is 5.77. The fourth-order valence-electron chi connectivity index (χ4n) is 5.42. The number of aryl methyl sites for hydroxylation is 1. The van der Waals surface area contributed by atoms with Crippen molar-refractivity contribution in [2.75, 3.05) is 26.2 Å². The number of nitrogens with zero attached hydrogens (tertiary/aromatic N) is 1. The Bertz CT molecular complexity index is 753. The average molecular weight is 413 g/mol. The SMILES string of the molecule is CC1(C)C[C@@H](C(=O)N2CCC3(CC2)C[C@@H]3C(=O)NCCCc2ccccc2)CCO1. The van der Waals surface area contributed by atoms with Crippen molar-refractivity contribution in [3.05, 3.63) is 35.9 Å². The minimum absolute atomic E-state index is 0.0886. The van der Waals surface area contributed by atoms with Gasteiger partial charge in [0.25, 0.3) is 0 Å². The van der Waals surface area contributed by atoms with Crippen molar-refractivity contribution < 1.29 is 14.3 Å². The van der Waals surface area contributed by atoms with Crippen molar-refractivity contribution in [3.63, 3.8) is 0 Å². The Morgan fingerprint density at radius 2 is 1.87 bits per heavy atom. The van der Waals surface area contributed by atoms with Crippen LogP contribution in [0.3, 0.4) is 0 Å². The van der Waals surface area contributed by atoms with Crippen molar-refractivity contribution in [2.24, 2.45) is 17.3 Å². The smallest absolute Gasteiger partial charge is 0.225 e. The largest absolute Gasteiger partial charge is 0.376 e. The summed E-state index contributed by atoms with van der Waals surface area (Å²) in [5.41, 5.74) is 1.27. The fourth-order valence-corrected chi connectivity index (χ4v) is 5.42. The quantitative estimate of drug-likeness (QED) is 0.727. The third-order valence-corrected chi connectivity index (χ3v) is 7.41. The number of piperidine rings is 1. The van der Waals surface area contributed by atoms with Gasteiger partial charge in [0.05, 0.1) is 5.60 Å². The molecule has 5 heteroatoms. The number of benzene rings is 1. The number of likely N-dealkylation sites (tertiary alicyclic amines) is 1. The van der Waals surface area contributed by atoms with Gasteiger partial charge in [0.15, 0.2) is 0 Å². The van der Waals surface area contributed by atoms with Crippen LogP contribution in [0, 0.1) is 17.3 Å². The number of hydrogen-bond acceptors (Lipinski definition) is 3. The molecule has 0 unspecified atom stereocenters. The molecular formula is C25H36N2O3. The molecule has 30 heavy (non-hydrogen) atoms. The van der Waals surface area contributed by atoms with Gasteiger partial charge in [-0.25, -0.2) is 0 Å². The van der Waals surface area contributed by atoms with Gasteiger partial charge in [-0.2, -0.15) is 0 Å². The summed E-state index contributed by atoms with van der Waals surface area (Å²) in [6, 6.07) is 10.4. The molecule has 1 aliphatic carbocycles. The van der Waals surface area contributed by atoms with Crippen molar-refractivity contribution in [3.8, 4) is 0 Å². The molecule has 4 rings (SSSR count). The molecule has 2 amide bonds. The molecule has 0 radical (unpaired) electrons. The van der Waals surface area contributed by atoms with E-state index in [0.29, 0.717) is 12.5 Å². The minimum atomic E-state index is -0.199. The molecule has 0 bridgehead atoms. The molecule has 2 saturated heterocycles. The van der Waals surface area contributed by atoms with E-state index in [9.17, 15) is 9.59 Å². The van der Waals surface area contributed by atoms with Gasteiger partial charge in [-0.15, -0.1) is 0 Å². The van der Waals surface area contributed by atoms with Gasteiger partial charge in [-0.1, -0.05) is 30.3 Å². The number of carbonyl (C=O) groups excluding carboxylic acids is 2. The molecule has 1 spiro atoms. The zero-order valence-electron chi connectivity index (χ0n) is 18.5. The Morgan fingerprint density at radius 1 is 1.13 bits per heavy atom. The lowest BCUT2D eigenvalue weighted by molar-refractivity contribution is -0.147. The van der Waals surface area contributed by atoms with Crippen LogP contribution >= 0.6 is 0 Å². The van der Waals surface area contributed by atoms with E-state index in [2.05, 4.69) is 43.4 Å². The highest BCUT2D eigenvalue weighted by Crippen LogP contribution is 2.59. The molecule has 164 valence electrons. The third-order valence-electron chi connectivity index (χ3n) is 7.41. The molecule has 2 aliphatic heterocycles. The predicted molar refractivity (Wildman–Crippen MR) is 117 cm³/mol. The number of hydrogen-bond donors (Lipinski definition) is 1. The second-order valence-electron chi connectivity index (χ2n) is 10.1. The molecule has 3 aliphatic rings. The first-order valence-electron chi connectivity index (χ1n) is 11.6. The lowest BCUT2D eigenvalue weighted by Crippen LogP contribution is -2.47. The van der Waals surface area contributed by atoms with Gasteiger partial charge in [-0.3, -0.25) is 9.59 Å². The van der Waals surface area contributed by atoms with E-state index < -0.39 is 0 Å². The number of carbonyl (C=O) groups is 2. The lowest BCUT2D eigenvalue weighted by Gasteiger charge is -2.39. The second kappa shape index (κ2) is 8.70. The zero-order chi connectivity index (χ0) is 21.2. The van der Waals surface area contributed by atoms with E-state index in [1.165, 1.54) is 5.56 Å². The van der Waals surface area contributed by atoms with Gasteiger partial charge in [0.2, 0.25) is 11.8 Å². The summed E-state index contributed by atoms with van der Waals surface area (Å²) in [7, 11) is 0. The summed E-state index contributed by atoms with van der Waals surface area (Å²) in [6.07, 6.45) is 6.53. The number of amides is 2. The van der Waals surface area contributed by atoms with Crippen LogP contribution in [0.2, 0.25) is 0 Å². The monoisotopic (exact) mass is 412 g/mol. The van der Waals surface area contributed by atoms with Crippen LogP contribution in [0.15, 0.2) is 30.3 Å². The van der Waals surface area contributed by atoms with Gasteiger partial charge in [0, 0.05) is 38.1 Å². The van der Waals surface area contributed by atoms with E-state index in [1.54, 1.807) is 0 Å². The molecule has 2 atom stereocenters. The summed E-state index contributed by atoms with van der Waals surface area (Å²) in [6.45, 7) is 7.16. The highest BCUT2D eigenvalue weighted by Gasteiger charge is 2.58. The Kier molecular flexibility index (Phi) is 6.19. The second-order valence-corrected chi connectivity index (χ2v) is 10.1. The third kappa shape index (κ3) is 4.88. The summed E-state index contributed by atoms with van der Waals surface area (Å²) in [5, 5.41) is 3.15. The Hall–Kier alpha value is -1.88. The highest BCUT2D eigenvalue weighted by atomic mass is 16.5. The van der Waals surface area contributed by atoms with E-state index >= 15 is 0 Å². The van der Waals surface area contributed by atoms with Crippen molar-refractivity contribution in [1.29, 1.82) is 0 Å². The topological polar surface area (TPSA) is 58.6 Å². The molecule has 5 nitrogen and oxygen atoms in total. The van der Waals surface area contributed by atoms with E-state index in [0.717, 1.165) is 64.6 Å². The number of rotatable bonds is 6. The predicted octanol–water partition coefficient (Wildman–Crippen LogP) is 3.57. The van der Waals surface area contributed by atoms with E-state index in [-0.39, 0.29) is 28.8 Å². The molecule has 1 N–H and O–H groups in total. The first kappa shape index (κ1) is 21.4. The van der Waals surface area contributed by atoms with Crippen LogP contribution in [0.4, 0.5) is 0 Å². The molecular weight excluding hydrogens is 376 g/mol. The summed E-state index contributed by atoms with van der Waals surface area (Å²) >= 11 is 0. The van der Waals surface area contributed by atoms with Gasteiger partial charge in [0.1, 0.15) is 0 Å².